The number of ketones is 1. The van der Waals surface area contributed by atoms with Crippen molar-refractivity contribution in [3.63, 3.8) is 0 Å². The fraction of sp³-hybridized carbons (Fsp3) is 0.579. The summed E-state index contributed by atoms with van der Waals surface area (Å²) < 4.78 is 32.3. The second-order valence-corrected chi connectivity index (χ2v) is 9.18. The van der Waals surface area contributed by atoms with Crippen molar-refractivity contribution in [1.82, 2.24) is 4.31 Å². The standard InChI is InChI=1S/C19H25NO5S/c1-14-5-4-12-20(13-14)26(23,24)16-10-8-15(9-11-16)19(22)25-18-7-3-2-6-17(18)21/h8-11,14,18H,2-7,12-13H2,1H3/t14-,18+/m0/s1. The van der Waals surface area contributed by atoms with Crippen LogP contribution in [0.15, 0.2) is 29.2 Å². The smallest absolute Gasteiger partial charge is 0.338 e. The number of hydrogen-bond donors (Lipinski definition) is 0. The van der Waals surface area contributed by atoms with Gasteiger partial charge in [-0.25, -0.2) is 13.2 Å². The Bertz CT molecular complexity index is 772. The molecule has 2 aliphatic rings. The van der Waals surface area contributed by atoms with Gasteiger partial charge < -0.3 is 4.74 Å². The van der Waals surface area contributed by atoms with Crippen LogP contribution in [-0.2, 0) is 19.6 Å². The number of Topliss-reactive ketones (excluding diaryl/α,β-unsaturated/α-hetero) is 1. The quantitative estimate of drug-likeness (QED) is 0.752. The summed E-state index contributed by atoms with van der Waals surface area (Å²) in [5.41, 5.74) is 0.259. The summed E-state index contributed by atoms with van der Waals surface area (Å²) in [6, 6.07) is 5.79. The van der Waals surface area contributed by atoms with E-state index < -0.39 is 22.1 Å². The number of esters is 1. The van der Waals surface area contributed by atoms with E-state index in [-0.39, 0.29) is 16.2 Å². The highest BCUT2D eigenvalue weighted by Gasteiger charge is 2.29. The summed E-state index contributed by atoms with van der Waals surface area (Å²) in [4.78, 5) is 24.2. The Labute approximate surface area is 154 Å². The maximum atomic E-state index is 12.7. The summed E-state index contributed by atoms with van der Waals surface area (Å²) in [5.74, 6) is -0.274. The van der Waals surface area contributed by atoms with Gasteiger partial charge in [0.25, 0.3) is 0 Å². The van der Waals surface area contributed by atoms with E-state index in [9.17, 15) is 18.0 Å². The minimum absolute atomic E-state index is 0.0389. The summed E-state index contributed by atoms with van der Waals surface area (Å²) in [6.07, 6.45) is 3.95. The fourth-order valence-electron chi connectivity index (χ4n) is 3.55. The molecule has 1 aliphatic carbocycles. The van der Waals surface area contributed by atoms with Crippen molar-refractivity contribution in [1.29, 1.82) is 0 Å². The van der Waals surface area contributed by atoms with Crippen molar-refractivity contribution < 1.29 is 22.7 Å². The highest BCUT2D eigenvalue weighted by atomic mass is 32.2. The van der Waals surface area contributed by atoms with E-state index in [0.717, 1.165) is 25.7 Å². The van der Waals surface area contributed by atoms with Gasteiger partial charge in [0.15, 0.2) is 11.9 Å². The van der Waals surface area contributed by atoms with Gasteiger partial charge in [-0.3, -0.25) is 4.79 Å². The Kier molecular flexibility index (Phi) is 5.77. The zero-order valence-electron chi connectivity index (χ0n) is 15.0. The first kappa shape index (κ1) is 19.0. The van der Waals surface area contributed by atoms with Crippen LogP contribution in [0.1, 0.15) is 55.8 Å². The largest absolute Gasteiger partial charge is 0.451 e. The van der Waals surface area contributed by atoms with E-state index in [1.807, 2.05) is 6.92 Å². The Balaban J connectivity index is 1.69. The van der Waals surface area contributed by atoms with Crippen LogP contribution in [0.5, 0.6) is 0 Å². The predicted molar refractivity (Wildman–Crippen MR) is 96.3 cm³/mol. The minimum atomic E-state index is -3.55. The van der Waals surface area contributed by atoms with Crippen LogP contribution in [0.4, 0.5) is 0 Å². The maximum absolute atomic E-state index is 12.7. The van der Waals surface area contributed by atoms with Gasteiger partial charge in [-0.15, -0.1) is 0 Å². The second-order valence-electron chi connectivity index (χ2n) is 7.24. The van der Waals surface area contributed by atoms with Gasteiger partial charge in [0.1, 0.15) is 0 Å². The molecule has 1 saturated carbocycles. The lowest BCUT2D eigenvalue weighted by atomic mass is 9.96. The van der Waals surface area contributed by atoms with Crippen molar-refractivity contribution in [2.75, 3.05) is 13.1 Å². The van der Waals surface area contributed by atoms with Gasteiger partial charge in [-0.05, 0) is 62.3 Å². The number of nitrogens with zero attached hydrogens (tertiary/aromatic N) is 1. The fourth-order valence-corrected chi connectivity index (χ4v) is 5.15. The van der Waals surface area contributed by atoms with E-state index in [1.165, 1.54) is 28.6 Å². The van der Waals surface area contributed by atoms with Crippen LogP contribution in [0.3, 0.4) is 0 Å². The second kappa shape index (κ2) is 7.88. The molecule has 142 valence electrons. The van der Waals surface area contributed by atoms with Crippen molar-refractivity contribution in [3.05, 3.63) is 29.8 Å². The number of sulfonamides is 1. The van der Waals surface area contributed by atoms with Crippen LogP contribution in [-0.4, -0.2) is 43.7 Å². The summed E-state index contributed by atoms with van der Waals surface area (Å²) in [6.45, 7) is 3.10. The van der Waals surface area contributed by atoms with E-state index in [4.69, 9.17) is 4.74 Å². The van der Waals surface area contributed by atoms with Gasteiger partial charge in [0, 0.05) is 19.5 Å². The molecule has 0 amide bonds. The zero-order chi connectivity index (χ0) is 18.7. The highest BCUT2D eigenvalue weighted by Crippen LogP contribution is 2.24. The monoisotopic (exact) mass is 379 g/mol. The molecule has 1 aromatic carbocycles. The molecule has 26 heavy (non-hydrogen) atoms. The third-order valence-corrected chi connectivity index (χ3v) is 6.97. The molecule has 7 heteroatoms. The van der Waals surface area contributed by atoms with Gasteiger partial charge in [0.2, 0.25) is 10.0 Å². The summed E-state index contributed by atoms with van der Waals surface area (Å²) in [5, 5.41) is 0. The van der Waals surface area contributed by atoms with Crippen LogP contribution in [0, 0.1) is 5.92 Å². The molecule has 2 fully saturated rings. The SMILES string of the molecule is C[C@H]1CCCN(S(=O)(=O)c2ccc(C(=O)O[C@@H]3CCCCC3=O)cc2)C1. The molecule has 0 radical (unpaired) electrons. The molecule has 1 aromatic rings. The average molecular weight is 379 g/mol. The maximum Gasteiger partial charge on any atom is 0.338 e. The average Bonchev–Trinajstić information content (AvgIpc) is 2.63. The molecule has 2 atom stereocenters. The first-order valence-electron chi connectivity index (χ1n) is 9.22. The van der Waals surface area contributed by atoms with Crippen molar-refractivity contribution >= 4 is 21.8 Å². The minimum Gasteiger partial charge on any atom is -0.451 e. The van der Waals surface area contributed by atoms with Gasteiger partial charge in [0.05, 0.1) is 10.5 Å². The van der Waals surface area contributed by atoms with E-state index in [1.54, 1.807) is 0 Å². The molecule has 1 saturated heterocycles. The van der Waals surface area contributed by atoms with Crippen LogP contribution in [0.2, 0.25) is 0 Å². The van der Waals surface area contributed by atoms with E-state index in [2.05, 4.69) is 0 Å². The van der Waals surface area contributed by atoms with Crippen molar-refractivity contribution in [2.45, 2.75) is 56.4 Å². The molecule has 6 nitrogen and oxygen atoms in total. The van der Waals surface area contributed by atoms with Crippen LogP contribution in [0.25, 0.3) is 0 Å². The highest BCUT2D eigenvalue weighted by molar-refractivity contribution is 7.89. The Morgan fingerprint density at radius 2 is 1.85 bits per heavy atom. The molecule has 0 aromatic heterocycles. The van der Waals surface area contributed by atoms with Crippen LogP contribution >= 0.6 is 0 Å². The molecule has 0 bridgehead atoms. The Hall–Kier alpha value is -1.73. The van der Waals surface area contributed by atoms with Crippen LogP contribution < -0.4 is 0 Å². The number of carbonyl (C=O) groups is 2. The number of rotatable bonds is 4. The zero-order valence-corrected chi connectivity index (χ0v) is 15.8. The number of ether oxygens (including phenoxy) is 1. The summed E-state index contributed by atoms with van der Waals surface area (Å²) in [7, 11) is -3.55. The first-order valence-corrected chi connectivity index (χ1v) is 10.7. The molecule has 1 heterocycles. The Morgan fingerprint density at radius 1 is 1.12 bits per heavy atom. The molecule has 0 N–H and O–H groups in total. The van der Waals surface area contributed by atoms with Gasteiger partial charge in [-0.2, -0.15) is 4.31 Å². The first-order chi connectivity index (χ1) is 12.4. The predicted octanol–water partition coefficient (Wildman–Crippen LogP) is 2.78. The molecular weight excluding hydrogens is 354 g/mol. The normalized spacial score (nSPS) is 25.0. The van der Waals surface area contributed by atoms with E-state index >= 15 is 0 Å². The summed E-state index contributed by atoms with van der Waals surface area (Å²) >= 11 is 0. The molecule has 0 spiro atoms. The number of hydrogen-bond acceptors (Lipinski definition) is 5. The van der Waals surface area contributed by atoms with Gasteiger partial charge >= 0.3 is 5.97 Å². The lowest BCUT2D eigenvalue weighted by molar-refractivity contribution is -0.129. The van der Waals surface area contributed by atoms with E-state index in [0.29, 0.717) is 31.8 Å². The van der Waals surface area contributed by atoms with Crippen molar-refractivity contribution in [2.24, 2.45) is 5.92 Å². The lowest BCUT2D eigenvalue weighted by Crippen LogP contribution is -2.39. The lowest BCUT2D eigenvalue weighted by Gasteiger charge is -2.30. The third-order valence-electron chi connectivity index (χ3n) is 5.10. The molecule has 1 aliphatic heterocycles. The number of piperidine rings is 1. The Morgan fingerprint density at radius 3 is 2.50 bits per heavy atom. The third kappa shape index (κ3) is 4.15. The molecule has 3 rings (SSSR count). The van der Waals surface area contributed by atoms with Gasteiger partial charge in [-0.1, -0.05) is 6.92 Å². The topological polar surface area (TPSA) is 80.8 Å². The molecule has 0 unspecified atom stereocenters. The number of benzene rings is 1. The number of carbonyl (C=O) groups excluding carboxylic acids is 2. The molecular formula is C19H25NO5S. The van der Waals surface area contributed by atoms with Crippen molar-refractivity contribution in [3.8, 4) is 0 Å².